The van der Waals surface area contributed by atoms with Crippen molar-refractivity contribution in [1.29, 1.82) is 0 Å². The summed E-state index contributed by atoms with van der Waals surface area (Å²) in [6.45, 7) is 6.60. The minimum absolute atomic E-state index is 0.620. The number of hydrogen-bond donors (Lipinski definition) is 1. The first-order chi connectivity index (χ1) is 8.29. The molecule has 1 N–H and O–H groups in total. The van der Waals surface area contributed by atoms with E-state index in [-0.39, 0.29) is 0 Å². The summed E-state index contributed by atoms with van der Waals surface area (Å²) < 4.78 is 0. The van der Waals surface area contributed by atoms with E-state index in [1.807, 2.05) is 13.8 Å². The van der Waals surface area contributed by atoms with Crippen molar-refractivity contribution in [2.75, 3.05) is 27.2 Å². The van der Waals surface area contributed by atoms with Crippen LogP contribution < -0.4 is 5.32 Å². The Labute approximate surface area is 106 Å². The van der Waals surface area contributed by atoms with Crippen LogP contribution in [-0.2, 0) is 0 Å². The molecule has 0 aromatic carbocycles. The van der Waals surface area contributed by atoms with Gasteiger partial charge in [0.1, 0.15) is 0 Å². The second-order valence-electron chi connectivity index (χ2n) is 5.66. The van der Waals surface area contributed by atoms with Crippen molar-refractivity contribution in [1.82, 2.24) is 10.2 Å². The van der Waals surface area contributed by atoms with E-state index in [0.29, 0.717) is 6.04 Å². The summed E-state index contributed by atoms with van der Waals surface area (Å²) in [6, 6.07) is 0.620. The van der Waals surface area contributed by atoms with Crippen LogP contribution >= 0.6 is 0 Å². The van der Waals surface area contributed by atoms with Crippen molar-refractivity contribution < 1.29 is 0 Å². The fourth-order valence-corrected chi connectivity index (χ4v) is 3.68. The lowest BCUT2D eigenvalue weighted by Gasteiger charge is -2.34. The number of allylic oxidation sites excluding steroid dienone is 1. The summed E-state index contributed by atoms with van der Waals surface area (Å²) in [6.07, 6.45) is 7.90. The van der Waals surface area contributed by atoms with Crippen LogP contribution in [-0.4, -0.2) is 38.1 Å². The van der Waals surface area contributed by atoms with E-state index in [1.54, 1.807) is 0 Å². The first-order valence-corrected chi connectivity index (χ1v) is 7.33. The summed E-state index contributed by atoms with van der Waals surface area (Å²) in [4.78, 5) is 2.52. The van der Waals surface area contributed by atoms with Gasteiger partial charge in [0.05, 0.1) is 0 Å². The zero-order valence-corrected chi connectivity index (χ0v) is 11.8. The van der Waals surface area contributed by atoms with Crippen molar-refractivity contribution in [2.24, 2.45) is 23.7 Å². The number of likely N-dealkylation sites (tertiary alicyclic amines) is 1. The van der Waals surface area contributed by atoms with Gasteiger partial charge in [0.25, 0.3) is 0 Å². The van der Waals surface area contributed by atoms with Gasteiger partial charge in [0, 0.05) is 19.1 Å². The molecule has 1 saturated heterocycles. The van der Waals surface area contributed by atoms with Crippen LogP contribution in [0.5, 0.6) is 0 Å². The molecule has 2 heteroatoms. The van der Waals surface area contributed by atoms with Crippen molar-refractivity contribution in [3.8, 4) is 0 Å². The zero-order chi connectivity index (χ0) is 12.4. The number of hydrogen-bond acceptors (Lipinski definition) is 2. The van der Waals surface area contributed by atoms with Gasteiger partial charge in [-0.25, -0.2) is 0 Å². The molecule has 0 radical (unpaired) electrons. The Bertz CT molecular complexity index is 270. The third-order valence-corrected chi connectivity index (χ3v) is 4.59. The Balaban J connectivity index is 0.000000514. The molecule has 1 heterocycles. The number of fused-ring (bicyclic) bond motifs is 1. The SMILES string of the molecule is CC.CNC1C=CC(C2CC2)C2CN(C)CC12. The summed E-state index contributed by atoms with van der Waals surface area (Å²) >= 11 is 0. The molecular weight excluding hydrogens is 208 g/mol. The highest BCUT2D eigenvalue weighted by Gasteiger charge is 2.46. The predicted octanol–water partition coefficient (Wildman–Crippen LogP) is 2.37. The summed E-state index contributed by atoms with van der Waals surface area (Å²) in [7, 11) is 4.37. The number of likely N-dealkylation sites (N-methyl/N-ethyl adjacent to an activating group) is 1. The molecule has 0 bridgehead atoms. The van der Waals surface area contributed by atoms with Gasteiger partial charge in [-0.3, -0.25) is 0 Å². The number of rotatable bonds is 2. The Hall–Kier alpha value is -0.340. The van der Waals surface area contributed by atoms with E-state index in [4.69, 9.17) is 0 Å². The molecule has 0 aromatic heterocycles. The van der Waals surface area contributed by atoms with Gasteiger partial charge in [-0.1, -0.05) is 26.0 Å². The van der Waals surface area contributed by atoms with Gasteiger partial charge in [0.15, 0.2) is 0 Å². The average Bonchev–Trinajstić information content (AvgIpc) is 3.11. The van der Waals surface area contributed by atoms with Crippen molar-refractivity contribution in [2.45, 2.75) is 32.7 Å². The topological polar surface area (TPSA) is 15.3 Å². The van der Waals surface area contributed by atoms with Crippen molar-refractivity contribution >= 4 is 0 Å². The van der Waals surface area contributed by atoms with Gasteiger partial charge in [-0.05, 0) is 50.6 Å². The van der Waals surface area contributed by atoms with Gasteiger partial charge in [-0.15, -0.1) is 0 Å². The molecule has 2 aliphatic carbocycles. The largest absolute Gasteiger partial charge is 0.313 e. The van der Waals surface area contributed by atoms with Gasteiger partial charge in [-0.2, -0.15) is 0 Å². The normalized spacial score (nSPS) is 40.7. The van der Waals surface area contributed by atoms with Crippen LogP contribution in [0.3, 0.4) is 0 Å². The maximum atomic E-state index is 3.46. The van der Waals surface area contributed by atoms with Crippen LogP contribution in [0.2, 0.25) is 0 Å². The predicted molar refractivity (Wildman–Crippen MR) is 74.0 cm³/mol. The van der Waals surface area contributed by atoms with E-state index in [0.717, 1.165) is 23.7 Å². The quantitative estimate of drug-likeness (QED) is 0.741. The number of nitrogens with one attached hydrogen (secondary N) is 1. The first kappa shape index (κ1) is 13.1. The fourth-order valence-electron chi connectivity index (χ4n) is 3.68. The van der Waals surface area contributed by atoms with E-state index in [9.17, 15) is 0 Å². The zero-order valence-electron chi connectivity index (χ0n) is 11.8. The van der Waals surface area contributed by atoms with E-state index in [1.165, 1.54) is 25.9 Å². The molecule has 0 amide bonds. The molecule has 17 heavy (non-hydrogen) atoms. The van der Waals surface area contributed by atoms with Gasteiger partial charge < -0.3 is 10.2 Å². The highest BCUT2D eigenvalue weighted by molar-refractivity contribution is 5.14. The lowest BCUT2D eigenvalue weighted by molar-refractivity contribution is 0.250. The van der Waals surface area contributed by atoms with Gasteiger partial charge in [0.2, 0.25) is 0 Å². The molecule has 2 nitrogen and oxygen atoms in total. The van der Waals surface area contributed by atoms with E-state index in [2.05, 4.69) is 36.5 Å². The summed E-state index contributed by atoms with van der Waals surface area (Å²) in [5.74, 6) is 3.70. The number of nitrogens with zero attached hydrogens (tertiary/aromatic N) is 1. The summed E-state index contributed by atoms with van der Waals surface area (Å²) in [5, 5.41) is 3.46. The van der Waals surface area contributed by atoms with E-state index < -0.39 is 0 Å². The third kappa shape index (κ3) is 2.58. The minimum atomic E-state index is 0.620. The Morgan fingerprint density at radius 1 is 1.06 bits per heavy atom. The molecule has 1 saturated carbocycles. The van der Waals surface area contributed by atoms with Crippen molar-refractivity contribution in [3.05, 3.63) is 12.2 Å². The fraction of sp³-hybridized carbons (Fsp3) is 0.867. The lowest BCUT2D eigenvalue weighted by atomic mass is 9.73. The molecule has 2 fully saturated rings. The van der Waals surface area contributed by atoms with Crippen LogP contribution in [0.1, 0.15) is 26.7 Å². The average molecular weight is 236 g/mol. The Morgan fingerprint density at radius 3 is 2.29 bits per heavy atom. The highest BCUT2D eigenvalue weighted by Crippen LogP contribution is 2.48. The van der Waals surface area contributed by atoms with Crippen LogP contribution in [0.15, 0.2) is 12.2 Å². The third-order valence-electron chi connectivity index (χ3n) is 4.59. The summed E-state index contributed by atoms with van der Waals surface area (Å²) in [5.41, 5.74) is 0. The second kappa shape index (κ2) is 5.53. The maximum Gasteiger partial charge on any atom is 0.0291 e. The second-order valence-corrected chi connectivity index (χ2v) is 5.66. The first-order valence-electron chi connectivity index (χ1n) is 7.33. The van der Waals surface area contributed by atoms with Crippen LogP contribution in [0.4, 0.5) is 0 Å². The van der Waals surface area contributed by atoms with Crippen LogP contribution in [0, 0.1) is 23.7 Å². The molecule has 98 valence electrons. The highest BCUT2D eigenvalue weighted by atomic mass is 15.1. The van der Waals surface area contributed by atoms with Crippen molar-refractivity contribution in [3.63, 3.8) is 0 Å². The molecule has 3 aliphatic rings. The van der Waals surface area contributed by atoms with Crippen LogP contribution in [0.25, 0.3) is 0 Å². The molecule has 3 rings (SSSR count). The standard InChI is InChI=1S/C13H22N2.C2H6/c1-14-13-6-5-10(9-3-4-9)11-7-15(2)8-12(11)13;1-2/h5-6,9-14H,3-4,7-8H2,1-2H3;1-2H3. The molecular formula is C15H28N2. The Morgan fingerprint density at radius 2 is 1.71 bits per heavy atom. The maximum absolute atomic E-state index is 3.46. The van der Waals surface area contributed by atoms with E-state index >= 15 is 0 Å². The molecule has 0 aromatic rings. The van der Waals surface area contributed by atoms with Gasteiger partial charge >= 0.3 is 0 Å². The monoisotopic (exact) mass is 236 g/mol. The molecule has 0 spiro atoms. The lowest BCUT2D eigenvalue weighted by Crippen LogP contribution is -2.41. The molecule has 1 aliphatic heterocycles. The minimum Gasteiger partial charge on any atom is -0.313 e. The Kier molecular flexibility index (Phi) is 4.26. The molecule has 4 atom stereocenters. The molecule has 4 unspecified atom stereocenters. The smallest absolute Gasteiger partial charge is 0.0291 e.